The molecule has 1 aromatic carbocycles. The molecular weight excluding hydrogens is 386 g/mol. The first-order valence-electron chi connectivity index (χ1n) is 10.6. The maximum atomic E-state index is 12.6. The van der Waals surface area contributed by atoms with Gasteiger partial charge in [-0.3, -0.25) is 9.59 Å². The summed E-state index contributed by atoms with van der Waals surface area (Å²) in [4.78, 5) is 37.0. The second-order valence-corrected chi connectivity index (χ2v) is 8.15. The van der Waals surface area contributed by atoms with Crippen LogP contribution in [0, 0.1) is 5.92 Å². The fourth-order valence-corrected chi connectivity index (χ4v) is 2.88. The molecule has 1 aromatic rings. The Hall–Kier alpha value is -2.45. The molecule has 0 fully saturated rings. The van der Waals surface area contributed by atoms with E-state index >= 15 is 0 Å². The maximum absolute atomic E-state index is 12.6. The molecule has 0 saturated carbocycles. The number of carbonyl (C=O) groups is 3. The summed E-state index contributed by atoms with van der Waals surface area (Å²) in [6, 6.07) is 4.00. The van der Waals surface area contributed by atoms with Gasteiger partial charge in [0.1, 0.15) is 12.1 Å². The van der Waals surface area contributed by atoms with Crippen LogP contribution in [0.15, 0.2) is 24.3 Å². The van der Waals surface area contributed by atoms with Crippen LogP contribution in [0.2, 0.25) is 1.41 Å². The third-order valence-electron chi connectivity index (χ3n) is 4.79. The monoisotopic (exact) mass is 422 g/mol. The molecule has 0 aromatic heterocycles. The first-order chi connectivity index (χ1) is 14.4. The smallest absolute Gasteiger partial charge is 0.328 e. The number of methoxy groups -OCH3 is 1. The molecule has 0 aliphatic carbocycles. The standard InChI is InChI=1S/C22H35N3O5/c1-12(2)11-17(22(29)30-6)25-20(27)14(5)24-21(28)19(26)18(23)16-9-7-15(8-10-16)13(3)4/h7-10,12-14,17-19,26H,11,23H2,1-6H3,(H,24,28)(H,25,27)/t14-,17+,18-,19+/m1/s1/i/hD. The third kappa shape index (κ3) is 7.42. The van der Waals surface area contributed by atoms with Gasteiger partial charge in [-0.25, -0.2) is 4.79 Å². The number of amides is 2. The lowest BCUT2D eigenvalue weighted by atomic mass is 9.97. The summed E-state index contributed by atoms with van der Waals surface area (Å²) in [5.74, 6) is -1.90. The summed E-state index contributed by atoms with van der Waals surface area (Å²) >= 11 is 0. The van der Waals surface area contributed by atoms with E-state index in [0.29, 0.717) is 23.2 Å². The molecule has 0 spiro atoms. The zero-order chi connectivity index (χ0) is 23.9. The minimum Gasteiger partial charge on any atom is -0.467 e. The van der Waals surface area contributed by atoms with Crippen molar-refractivity contribution in [3.05, 3.63) is 35.4 Å². The normalized spacial score (nSPS) is 15.7. The molecule has 2 amide bonds. The molecule has 168 valence electrons. The average molecular weight is 423 g/mol. The van der Waals surface area contributed by atoms with Gasteiger partial charge in [0.25, 0.3) is 5.91 Å². The number of hydrogen-bond donors (Lipinski definition) is 4. The van der Waals surface area contributed by atoms with E-state index in [4.69, 9.17) is 11.9 Å². The van der Waals surface area contributed by atoms with E-state index < -0.39 is 42.0 Å². The zero-order valence-corrected chi connectivity index (χ0v) is 18.6. The number of esters is 1. The van der Waals surface area contributed by atoms with Crippen LogP contribution in [-0.4, -0.2) is 48.2 Å². The Bertz CT molecular complexity index is 754. The van der Waals surface area contributed by atoms with E-state index in [1.807, 2.05) is 39.8 Å². The highest BCUT2D eigenvalue weighted by Crippen LogP contribution is 2.19. The average Bonchev–Trinajstić information content (AvgIpc) is 2.74. The Balaban J connectivity index is 2.84. The fourth-order valence-electron chi connectivity index (χ4n) is 2.88. The number of aliphatic hydroxyl groups is 1. The number of aliphatic hydroxyl groups excluding tert-OH is 1. The highest BCUT2D eigenvalue weighted by Gasteiger charge is 2.29. The quantitative estimate of drug-likeness (QED) is 0.421. The fraction of sp³-hybridized carbons (Fsp3) is 0.591. The Morgan fingerprint density at radius 1 is 1.07 bits per heavy atom. The summed E-state index contributed by atoms with van der Waals surface area (Å²) < 4.78 is 12.7. The Labute approximate surface area is 180 Å². The molecule has 0 unspecified atom stereocenters. The van der Waals surface area contributed by atoms with Gasteiger partial charge < -0.3 is 26.2 Å². The van der Waals surface area contributed by atoms with Gasteiger partial charge in [0.2, 0.25) is 5.91 Å². The summed E-state index contributed by atoms with van der Waals surface area (Å²) in [7, 11) is 1.22. The van der Waals surface area contributed by atoms with Gasteiger partial charge in [-0.1, -0.05) is 52.0 Å². The van der Waals surface area contributed by atoms with Crippen molar-refractivity contribution in [2.24, 2.45) is 11.7 Å². The molecule has 1 rings (SSSR count). The summed E-state index contributed by atoms with van der Waals surface area (Å²) in [6.45, 7) is 9.20. The molecular formula is C22H35N3O5. The van der Waals surface area contributed by atoms with Gasteiger partial charge in [-0.2, -0.15) is 0 Å². The number of nitrogens with two attached hydrogens (primary N) is 1. The third-order valence-corrected chi connectivity index (χ3v) is 4.79. The molecule has 8 heteroatoms. The molecule has 0 radical (unpaired) electrons. The lowest BCUT2D eigenvalue weighted by Gasteiger charge is -2.23. The summed E-state index contributed by atoms with van der Waals surface area (Å²) in [5.41, 5.74) is 7.66. The predicted octanol–water partition coefficient (Wildman–Crippen LogP) is 1.38. The molecule has 30 heavy (non-hydrogen) atoms. The van der Waals surface area contributed by atoms with Gasteiger partial charge >= 0.3 is 5.97 Å². The topological polar surface area (TPSA) is 131 Å². The SMILES string of the molecule is [2H]N(C(=O)[C@@H](O)[C@H](N)c1ccc(C(C)C)cc1)[C@H](C)C(=O)N[C@@H](CC(C)C)C(=O)OC. The lowest BCUT2D eigenvalue weighted by Crippen LogP contribution is -2.53. The van der Waals surface area contributed by atoms with Crippen LogP contribution < -0.4 is 16.4 Å². The van der Waals surface area contributed by atoms with Crippen LogP contribution in [0.4, 0.5) is 0 Å². The van der Waals surface area contributed by atoms with Crippen molar-refractivity contribution in [3.63, 3.8) is 0 Å². The van der Waals surface area contributed by atoms with Crippen molar-refractivity contribution >= 4 is 17.8 Å². The van der Waals surface area contributed by atoms with Crippen LogP contribution in [0.3, 0.4) is 0 Å². The highest BCUT2D eigenvalue weighted by molar-refractivity contribution is 5.91. The van der Waals surface area contributed by atoms with E-state index in [1.165, 1.54) is 14.0 Å². The number of rotatable bonds is 10. The Kier molecular flexibility index (Phi) is 9.26. The number of hydrogen-bond acceptors (Lipinski definition) is 6. The minimum atomic E-state index is -1.70. The summed E-state index contributed by atoms with van der Waals surface area (Å²) in [6.07, 6.45) is -1.36. The van der Waals surface area contributed by atoms with Gasteiger partial charge in [-0.05, 0) is 36.3 Å². The molecule has 0 bridgehead atoms. The van der Waals surface area contributed by atoms with Crippen molar-refractivity contribution < 1.29 is 25.6 Å². The second kappa shape index (κ2) is 11.7. The van der Waals surface area contributed by atoms with Crippen molar-refractivity contribution in [2.75, 3.05) is 7.11 Å². The Morgan fingerprint density at radius 2 is 1.60 bits per heavy atom. The Morgan fingerprint density at radius 3 is 2.07 bits per heavy atom. The molecule has 0 aliphatic heterocycles. The molecule has 0 heterocycles. The second-order valence-electron chi connectivity index (χ2n) is 8.15. The van der Waals surface area contributed by atoms with Crippen LogP contribution in [0.5, 0.6) is 0 Å². The van der Waals surface area contributed by atoms with Crippen molar-refractivity contribution in [1.82, 2.24) is 10.6 Å². The van der Waals surface area contributed by atoms with Crippen LogP contribution in [0.25, 0.3) is 0 Å². The van der Waals surface area contributed by atoms with E-state index in [2.05, 4.69) is 5.32 Å². The number of ether oxygens (including phenoxy) is 1. The number of carbonyl (C=O) groups excluding carboxylic acids is 3. The molecule has 8 nitrogen and oxygen atoms in total. The maximum Gasteiger partial charge on any atom is 0.328 e. The lowest BCUT2D eigenvalue weighted by molar-refractivity contribution is -0.145. The minimum absolute atomic E-state index is 0.107. The van der Waals surface area contributed by atoms with Crippen molar-refractivity contribution in [3.8, 4) is 0 Å². The van der Waals surface area contributed by atoms with E-state index in [9.17, 15) is 19.5 Å². The zero-order valence-electron chi connectivity index (χ0n) is 19.6. The van der Waals surface area contributed by atoms with Gasteiger partial charge in [0, 0.05) is 0 Å². The van der Waals surface area contributed by atoms with Crippen molar-refractivity contribution in [1.29, 1.82) is 0 Å². The van der Waals surface area contributed by atoms with Crippen LogP contribution >= 0.6 is 0 Å². The van der Waals surface area contributed by atoms with Gasteiger partial charge in [0.05, 0.1) is 13.2 Å². The largest absolute Gasteiger partial charge is 0.467 e. The van der Waals surface area contributed by atoms with E-state index in [0.717, 1.165) is 5.56 Å². The van der Waals surface area contributed by atoms with E-state index in [-0.39, 0.29) is 5.92 Å². The molecule has 5 N–H and O–H groups in total. The van der Waals surface area contributed by atoms with Crippen LogP contribution in [-0.2, 0) is 19.1 Å². The first-order valence-corrected chi connectivity index (χ1v) is 10.1. The van der Waals surface area contributed by atoms with Crippen molar-refractivity contribution in [2.45, 2.75) is 71.2 Å². The highest BCUT2D eigenvalue weighted by atomic mass is 16.5. The molecule has 4 atom stereocenters. The van der Waals surface area contributed by atoms with Gasteiger partial charge in [-0.15, -0.1) is 0 Å². The molecule has 0 aliphatic rings. The number of benzene rings is 1. The predicted molar refractivity (Wildman–Crippen MR) is 114 cm³/mol. The first kappa shape index (κ1) is 23.8. The van der Waals surface area contributed by atoms with E-state index in [1.54, 1.807) is 12.1 Å². The summed E-state index contributed by atoms with van der Waals surface area (Å²) in [5, 5.41) is 13.3. The molecule has 0 saturated heterocycles. The number of nitrogens with one attached hydrogen (secondary N) is 2. The van der Waals surface area contributed by atoms with Gasteiger partial charge in [0.15, 0.2) is 7.52 Å². The van der Waals surface area contributed by atoms with Crippen LogP contribution in [0.1, 0.15) is 64.1 Å².